The third-order valence-corrected chi connectivity index (χ3v) is 3.45. The maximum Gasteiger partial charge on any atom is 0.333 e. The average Bonchev–Trinajstić information content (AvgIpc) is 2.57. The lowest BCUT2D eigenvalue weighted by Crippen LogP contribution is -2.40. The van der Waals surface area contributed by atoms with Crippen molar-refractivity contribution in [2.45, 2.75) is 6.92 Å². The van der Waals surface area contributed by atoms with Crippen molar-refractivity contribution in [1.82, 2.24) is 14.6 Å². The van der Waals surface area contributed by atoms with Crippen LogP contribution in [0.2, 0.25) is 0 Å². The summed E-state index contributed by atoms with van der Waals surface area (Å²) in [5, 5.41) is 23.0. The van der Waals surface area contributed by atoms with Crippen LogP contribution in [0, 0.1) is 0 Å². The number of benzene rings is 1. The van der Waals surface area contributed by atoms with Gasteiger partial charge >= 0.3 is 5.69 Å². The van der Waals surface area contributed by atoms with Gasteiger partial charge in [-0.3, -0.25) is 18.7 Å². The van der Waals surface area contributed by atoms with Gasteiger partial charge in [-0.25, -0.2) is 10.2 Å². The molecule has 0 bridgehead atoms. The van der Waals surface area contributed by atoms with Crippen molar-refractivity contribution < 1.29 is 15.0 Å². The zero-order valence-corrected chi connectivity index (χ0v) is 13.3. The number of rotatable bonds is 3. The summed E-state index contributed by atoms with van der Waals surface area (Å²) >= 11 is 0. The molecule has 2 rings (SSSR count). The number of carbonyl (C=O) groups excluding carboxylic acids is 1. The van der Waals surface area contributed by atoms with Gasteiger partial charge in [0.1, 0.15) is 11.3 Å². The summed E-state index contributed by atoms with van der Waals surface area (Å²) in [7, 11) is 2.58. The molecule has 24 heavy (non-hydrogen) atoms. The van der Waals surface area contributed by atoms with Crippen molar-refractivity contribution in [3.63, 3.8) is 0 Å². The Balaban J connectivity index is 2.36. The Morgan fingerprint density at radius 3 is 2.25 bits per heavy atom. The minimum absolute atomic E-state index is 0.0184. The summed E-state index contributed by atoms with van der Waals surface area (Å²) in [4.78, 5) is 35.8. The van der Waals surface area contributed by atoms with Crippen LogP contribution in [-0.4, -0.2) is 31.0 Å². The Labute approximate surface area is 136 Å². The van der Waals surface area contributed by atoms with E-state index < -0.39 is 23.0 Å². The number of carbonyl (C=O) groups is 1. The van der Waals surface area contributed by atoms with Gasteiger partial charge in [-0.1, -0.05) is 0 Å². The second-order valence-electron chi connectivity index (χ2n) is 5.09. The van der Waals surface area contributed by atoms with Crippen molar-refractivity contribution in [2.75, 3.05) is 0 Å². The van der Waals surface area contributed by atoms with Crippen LogP contribution >= 0.6 is 0 Å². The topological polar surface area (TPSA) is 126 Å². The summed E-state index contributed by atoms with van der Waals surface area (Å²) in [5.74, 6) is -1.08. The van der Waals surface area contributed by atoms with E-state index in [4.69, 9.17) is 0 Å². The molecular weight excluding hydrogens is 316 g/mol. The van der Waals surface area contributed by atoms with Crippen molar-refractivity contribution in [1.29, 1.82) is 0 Å². The largest absolute Gasteiger partial charge is 0.508 e. The minimum Gasteiger partial charge on any atom is -0.508 e. The van der Waals surface area contributed by atoms with Gasteiger partial charge in [0.05, 0.1) is 5.71 Å². The maximum absolute atomic E-state index is 12.1. The first-order chi connectivity index (χ1) is 11.2. The molecule has 0 atom stereocenters. The molecule has 0 unspecified atom stereocenters. The monoisotopic (exact) mass is 332 g/mol. The van der Waals surface area contributed by atoms with Crippen molar-refractivity contribution in [2.24, 2.45) is 19.2 Å². The SMILES string of the molecule is C/C(=N\NC(=O)c1ccc(O)cc1)c1c(O)n(C)c(=O)n(C)c1=O. The number of phenolic OH excluding ortho intramolecular Hbond substituents is 1. The predicted molar refractivity (Wildman–Crippen MR) is 86.4 cm³/mol. The lowest BCUT2D eigenvalue weighted by atomic mass is 10.2. The summed E-state index contributed by atoms with van der Waals surface area (Å²) in [6.45, 7) is 1.41. The van der Waals surface area contributed by atoms with Gasteiger partial charge in [-0.2, -0.15) is 5.10 Å². The van der Waals surface area contributed by atoms with Crippen LogP contribution in [0.15, 0.2) is 39.0 Å². The van der Waals surface area contributed by atoms with Gasteiger partial charge < -0.3 is 10.2 Å². The van der Waals surface area contributed by atoms with Crippen LogP contribution in [0.5, 0.6) is 11.6 Å². The molecule has 2 aromatic rings. The van der Waals surface area contributed by atoms with Crippen molar-refractivity contribution in [3.05, 3.63) is 56.2 Å². The molecule has 0 radical (unpaired) electrons. The first kappa shape index (κ1) is 17.0. The lowest BCUT2D eigenvalue weighted by Gasteiger charge is -2.10. The molecule has 0 aliphatic rings. The number of amides is 1. The number of aromatic nitrogens is 2. The summed E-state index contributed by atoms with van der Waals surface area (Å²) in [5.41, 5.74) is 0.941. The Kier molecular flexibility index (Phi) is 4.54. The van der Waals surface area contributed by atoms with E-state index in [-0.39, 0.29) is 22.6 Å². The van der Waals surface area contributed by atoms with E-state index in [1.165, 1.54) is 45.3 Å². The molecule has 0 aliphatic carbocycles. The summed E-state index contributed by atoms with van der Waals surface area (Å²) in [6, 6.07) is 5.50. The number of hydrogen-bond donors (Lipinski definition) is 3. The molecule has 0 spiro atoms. The number of hydrazone groups is 1. The highest BCUT2D eigenvalue weighted by molar-refractivity contribution is 6.02. The standard InChI is InChI=1S/C15H16N4O5/c1-8(11-13(22)18(2)15(24)19(3)14(11)23)16-17-12(21)9-4-6-10(20)7-5-9/h4-7,20,22H,1-3H3,(H,17,21)/b16-8+. The Morgan fingerprint density at radius 2 is 1.67 bits per heavy atom. The normalized spacial score (nSPS) is 11.4. The summed E-state index contributed by atoms with van der Waals surface area (Å²) < 4.78 is 1.73. The van der Waals surface area contributed by atoms with E-state index in [9.17, 15) is 24.6 Å². The van der Waals surface area contributed by atoms with Gasteiger partial charge in [0.25, 0.3) is 11.5 Å². The Bertz CT molecular complexity index is 938. The van der Waals surface area contributed by atoms with Gasteiger partial charge in [-0.05, 0) is 31.2 Å². The van der Waals surface area contributed by atoms with Gasteiger partial charge in [0.15, 0.2) is 0 Å². The molecule has 3 N–H and O–H groups in total. The highest BCUT2D eigenvalue weighted by Crippen LogP contribution is 2.11. The van der Waals surface area contributed by atoms with E-state index >= 15 is 0 Å². The molecule has 9 nitrogen and oxygen atoms in total. The first-order valence-corrected chi connectivity index (χ1v) is 6.87. The van der Waals surface area contributed by atoms with Gasteiger partial charge in [-0.15, -0.1) is 0 Å². The lowest BCUT2D eigenvalue weighted by molar-refractivity contribution is 0.0955. The quantitative estimate of drug-likeness (QED) is 0.523. The Morgan fingerprint density at radius 1 is 1.08 bits per heavy atom. The number of phenols is 1. The van der Waals surface area contributed by atoms with Crippen molar-refractivity contribution in [3.8, 4) is 11.6 Å². The molecule has 1 aromatic carbocycles. The van der Waals surface area contributed by atoms with Crippen LogP contribution in [0.25, 0.3) is 0 Å². The second kappa shape index (κ2) is 6.41. The molecule has 1 amide bonds. The van der Waals surface area contributed by atoms with E-state index in [0.29, 0.717) is 0 Å². The third kappa shape index (κ3) is 3.05. The van der Waals surface area contributed by atoms with Crippen LogP contribution in [-0.2, 0) is 14.1 Å². The molecule has 1 heterocycles. The minimum atomic E-state index is -0.726. The number of aromatic hydroxyl groups is 2. The Hall–Kier alpha value is -3.36. The predicted octanol–water partition coefficient (Wildman–Crippen LogP) is -0.351. The van der Waals surface area contributed by atoms with Crippen LogP contribution < -0.4 is 16.7 Å². The molecule has 0 saturated heterocycles. The van der Waals surface area contributed by atoms with E-state index in [1.807, 2.05) is 0 Å². The molecule has 0 saturated carbocycles. The van der Waals surface area contributed by atoms with E-state index in [1.54, 1.807) is 0 Å². The van der Waals surface area contributed by atoms with Gasteiger partial charge in [0, 0.05) is 19.7 Å². The van der Waals surface area contributed by atoms with Crippen molar-refractivity contribution >= 4 is 11.6 Å². The highest BCUT2D eigenvalue weighted by Gasteiger charge is 2.17. The van der Waals surface area contributed by atoms with Gasteiger partial charge in [0.2, 0.25) is 5.88 Å². The third-order valence-electron chi connectivity index (χ3n) is 3.45. The molecule has 0 aliphatic heterocycles. The second-order valence-corrected chi connectivity index (χ2v) is 5.09. The molecule has 1 aromatic heterocycles. The summed E-state index contributed by atoms with van der Waals surface area (Å²) in [6.07, 6.45) is 0. The van der Waals surface area contributed by atoms with E-state index in [2.05, 4.69) is 10.5 Å². The fourth-order valence-electron chi connectivity index (χ4n) is 2.02. The van der Waals surface area contributed by atoms with Crippen LogP contribution in [0.4, 0.5) is 0 Å². The van der Waals surface area contributed by atoms with E-state index in [0.717, 1.165) is 9.13 Å². The first-order valence-electron chi connectivity index (χ1n) is 6.87. The molecule has 0 fully saturated rings. The zero-order chi connectivity index (χ0) is 18.0. The zero-order valence-electron chi connectivity index (χ0n) is 13.3. The average molecular weight is 332 g/mol. The molecule has 9 heteroatoms. The number of nitrogens with zero attached hydrogens (tertiary/aromatic N) is 3. The maximum atomic E-state index is 12.1. The fraction of sp³-hybridized carbons (Fsp3) is 0.200. The molecule has 126 valence electrons. The number of nitrogens with one attached hydrogen (secondary N) is 1. The van der Waals surface area contributed by atoms with Crippen LogP contribution in [0.1, 0.15) is 22.8 Å². The smallest absolute Gasteiger partial charge is 0.333 e. The molecular formula is C15H16N4O5. The fourth-order valence-corrected chi connectivity index (χ4v) is 2.02. The van der Waals surface area contributed by atoms with Crippen LogP contribution in [0.3, 0.4) is 0 Å². The number of hydrogen-bond acceptors (Lipinski definition) is 6. The highest BCUT2D eigenvalue weighted by atomic mass is 16.3.